The van der Waals surface area contributed by atoms with Crippen molar-refractivity contribution in [2.24, 2.45) is 5.92 Å². The van der Waals surface area contributed by atoms with E-state index in [-0.39, 0.29) is 0 Å². The van der Waals surface area contributed by atoms with Crippen LogP contribution < -0.4 is 0 Å². The van der Waals surface area contributed by atoms with Crippen molar-refractivity contribution >= 4 is 0 Å². The highest BCUT2D eigenvalue weighted by atomic mass is 14.8. The van der Waals surface area contributed by atoms with Crippen molar-refractivity contribution in [2.45, 2.75) is 90.4 Å². The quantitative estimate of drug-likeness (QED) is 0.357. The van der Waals surface area contributed by atoms with Gasteiger partial charge in [0, 0.05) is 18.0 Å². The summed E-state index contributed by atoms with van der Waals surface area (Å²) < 4.78 is 0. The SMILES string of the molecule is CCCCCC1CCC(c2ccc(C#Cc3ncc(CCCC)cn3)cc2)CC1. The van der Waals surface area contributed by atoms with Crippen molar-refractivity contribution in [1.29, 1.82) is 0 Å². The van der Waals surface area contributed by atoms with E-state index in [9.17, 15) is 0 Å². The summed E-state index contributed by atoms with van der Waals surface area (Å²) in [5.74, 6) is 8.63. The standard InChI is InChI=1S/C27H36N2/c1-3-5-7-9-22-10-15-25(16-11-22)26-17-12-23(13-18-26)14-19-27-28-20-24(21-29-27)8-6-4-2/h12-13,17-18,20-22,25H,3-11,15-16H2,1-2H3. The van der Waals surface area contributed by atoms with Gasteiger partial charge in [0.25, 0.3) is 0 Å². The van der Waals surface area contributed by atoms with Crippen molar-refractivity contribution in [2.75, 3.05) is 0 Å². The average Bonchev–Trinajstić information content (AvgIpc) is 2.78. The third kappa shape index (κ3) is 7.00. The van der Waals surface area contributed by atoms with E-state index in [1.54, 1.807) is 0 Å². The van der Waals surface area contributed by atoms with Gasteiger partial charge in [0.1, 0.15) is 0 Å². The Morgan fingerprint density at radius 2 is 1.52 bits per heavy atom. The molecule has 0 atom stereocenters. The number of hydrogen-bond acceptors (Lipinski definition) is 2. The number of hydrogen-bond donors (Lipinski definition) is 0. The number of aromatic nitrogens is 2. The van der Waals surface area contributed by atoms with Crippen LogP contribution in [0.3, 0.4) is 0 Å². The van der Waals surface area contributed by atoms with Crippen LogP contribution in [0.1, 0.15) is 106 Å². The van der Waals surface area contributed by atoms with Crippen molar-refractivity contribution in [3.8, 4) is 11.8 Å². The second-order valence-corrected chi connectivity index (χ2v) is 8.60. The van der Waals surface area contributed by atoms with Crippen molar-refractivity contribution in [3.05, 3.63) is 59.2 Å². The molecule has 0 spiro atoms. The van der Waals surface area contributed by atoms with Gasteiger partial charge in [0.05, 0.1) is 0 Å². The Morgan fingerprint density at radius 3 is 2.17 bits per heavy atom. The third-order valence-corrected chi connectivity index (χ3v) is 6.29. The Morgan fingerprint density at radius 1 is 0.828 bits per heavy atom. The van der Waals surface area contributed by atoms with E-state index in [2.05, 4.69) is 59.9 Å². The molecule has 2 nitrogen and oxygen atoms in total. The normalized spacial score (nSPS) is 18.8. The Balaban J connectivity index is 1.50. The molecule has 0 bridgehead atoms. The first-order chi connectivity index (χ1) is 14.3. The van der Waals surface area contributed by atoms with Gasteiger partial charge in [-0.2, -0.15) is 0 Å². The molecule has 1 fully saturated rings. The molecular formula is C27H36N2. The molecule has 0 amide bonds. The molecule has 0 unspecified atom stereocenters. The first-order valence-corrected chi connectivity index (χ1v) is 11.7. The molecule has 2 heteroatoms. The van der Waals surface area contributed by atoms with Crippen LogP contribution in [0, 0.1) is 17.8 Å². The van der Waals surface area contributed by atoms with E-state index < -0.39 is 0 Å². The highest BCUT2D eigenvalue weighted by molar-refractivity contribution is 5.40. The maximum atomic E-state index is 4.39. The lowest BCUT2D eigenvalue weighted by Crippen LogP contribution is -2.13. The molecule has 1 aliphatic rings. The monoisotopic (exact) mass is 388 g/mol. The van der Waals surface area contributed by atoms with Gasteiger partial charge in [-0.1, -0.05) is 64.0 Å². The van der Waals surface area contributed by atoms with Crippen LogP contribution in [0.5, 0.6) is 0 Å². The summed E-state index contributed by atoms with van der Waals surface area (Å²) in [4.78, 5) is 8.77. The highest BCUT2D eigenvalue weighted by Gasteiger charge is 2.21. The summed E-state index contributed by atoms with van der Waals surface area (Å²) >= 11 is 0. The molecule has 0 radical (unpaired) electrons. The summed E-state index contributed by atoms with van der Waals surface area (Å²) in [5.41, 5.74) is 3.72. The molecule has 0 N–H and O–H groups in total. The van der Waals surface area contributed by atoms with E-state index in [1.807, 2.05) is 12.4 Å². The topological polar surface area (TPSA) is 25.8 Å². The molecule has 1 saturated carbocycles. The van der Waals surface area contributed by atoms with Crippen molar-refractivity contribution < 1.29 is 0 Å². The van der Waals surface area contributed by atoms with Gasteiger partial charge in [0.2, 0.25) is 5.82 Å². The van der Waals surface area contributed by atoms with Crippen LogP contribution in [0.2, 0.25) is 0 Å². The molecular weight excluding hydrogens is 352 g/mol. The molecule has 1 aliphatic carbocycles. The molecule has 0 saturated heterocycles. The first kappa shape index (κ1) is 21.6. The molecule has 154 valence electrons. The van der Waals surface area contributed by atoms with Gasteiger partial charge < -0.3 is 0 Å². The van der Waals surface area contributed by atoms with Crippen LogP contribution in [-0.2, 0) is 6.42 Å². The fraction of sp³-hybridized carbons (Fsp3) is 0.556. The Bertz CT molecular complexity index is 772. The highest BCUT2D eigenvalue weighted by Crippen LogP contribution is 2.37. The van der Waals surface area contributed by atoms with Crippen LogP contribution in [0.4, 0.5) is 0 Å². The fourth-order valence-electron chi connectivity index (χ4n) is 4.36. The second-order valence-electron chi connectivity index (χ2n) is 8.60. The zero-order valence-electron chi connectivity index (χ0n) is 18.3. The summed E-state index contributed by atoms with van der Waals surface area (Å²) in [6.07, 6.45) is 18.3. The van der Waals surface area contributed by atoms with Crippen LogP contribution in [0.25, 0.3) is 0 Å². The van der Waals surface area contributed by atoms with Gasteiger partial charge in [-0.25, -0.2) is 9.97 Å². The fourth-order valence-corrected chi connectivity index (χ4v) is 4.36. The van der Waals surface area contributed by atoms with E-state index >= 15 is 0 Å². The molecule has 0 aliphatic heterocycles. The Labute approximate surface area is 177 Å². The molecule has 1 aromatic carbocycles. The predicted octanol–water partition coefficient (Wildman–Crippen LogP) is 7.07. The second kappa shape index (κ2) is 11.8. The maximum Gasteiger partial charge on any atom is 0.205 e. The summed E-state index contributed by atoms with van der Waals surface area (Å²) in [5, 5.41) is 0. The first-order valence-electron chi connectivity index (χ1n) is 11.7. The summed E-state index contributed by atoms with van der Waals surface area (Å²) in [6.45, 7) is 4.49. The summed E-state index contributed by atoms with van der Waals surface area (Å²) in [7, 11) is 0. The van der Waals surface area contributed by atoms with Crippen molar-refractivity contribution in [1.82, 2.24) is 9.97 Å². The van der Waals surface area contributed by atoms with Gasteiger partial charge in [0.15, 0.2) is 0 Å². The van der Waals surface area contributed by atoms with Gasteiger partial charge >= 0.3 is 0 Å². The number of rotatable bonds is 8. The molecule has 29 heavy (non-hydrogen) atoms. The molecule has 1 aromatic heterocycles. The predicted molar refractivity (Wildman–Crippen MR) is 122 cm³/mol. The van der Waals surface area contributed by atoms with E-state index in [0.717, 1.165) is 23.8 Å². The number of unbranched alkanes of at least 4 members (excludes halogenated alkanes) is 3. The zero-order chi connectivity index (χ0) is 20.3. The van der Waals surface area contributed by atoms with E-state index in [1.165, 1.54) is 75.3 Å². The van der Waals surface area contributed by atoms with Gasteiger partial charge in [-0.15, -0.1) is 0 Å². The average molecular weight is 389 g/mol. The van der Waals surface area contributed by atoms with Crippen LogP contribution in [-0.4, -0.2) is 9.97 Å². The largest absolute Gasteiger partial charge is 0.229 e. The van der Waals surface area contributed by atoms with Gasteiger partial charge in [-0.05, 0) is 79.5 Å². The van der Waals surface area contributed by atoms with Gasteiger partial charge in [-0.3, -0.25) is 0 Å². The lowest BCUT2D eigenvalue weighted by Gasteiger charge is -2.29. The molecule has 2 aromatic rings. The summed E-state index contributed by atoms with van der Waals surface area (Å²) in [6, 6.07) is 8.87. The third-order valence-electron chi connectivity index (χ3n) is 6.29. The Kier molecular flexibility index (Phi) is 8.75. The minimum atomic E-state index is 0.607. The minimum Gasteiger partial charge on any atom is -0.229 e. The lowest BCUT2D eigenvalue weighted by atomic mass is 9.77. The number of nitrogens with zero attached hydrogens (tertiary/aromatic N) is 2. The number of aryl methyl sites for hydroxylation is 1. The number of benzene rings is 1. The maximum absolute atomic E-state index is 4.39. The molecule has 1 heterocycles. The molecule has 3 rings (SSSR count). The van der Waals surface area contributed by atoms with E-state index in [0.29, 0.717) is 5.82 Å². The lowest BCUT2D eigenvalue weighted by molar-refractivity contribution is 0.303. The van der Waals surface area contributed by atoms with E-state index in [4.69, 9.17) is 0 Å². The smallest absolute Gasteiger partial charge is 0.205 e. The zero-order valence-corrected chi connectivity index (χ0v) is 18.3. The van der Waals surface area contributed by atoms with Crippen LogP contribution >= 0.6 is 0 Å². The Hall–Kier alpha value is -2.14. The van der Waals surface area contributed by atoms with Crippen LogP contribution in [0.15, 0.2) is 36.7 Å². The van der Waals surface area contributed by atoms with Crippen molar-refractivity contribution in [3.63, 3.8) is 0 Å². The minimum absolute atomic E-state index is 0.607.